The fraction of sp³-hybridized carbons (Fsp3) is 0.600. The highest BCUT2D eigenvalue weighted by molar-refractivity contribution is 7.80. The van der Waals surface area contributed by atoms with Crippen LogP contribution in [0.1, 0.15) is 25.3 Å². The minimum absolute atomic E-state index is 0.185. The van der Waals surface area contributed by atoms with Crippen LogP contribution in [0.25, 0.3) is 0 Å². The number of hydrogen-bond acceptors (Lipinski definition) is 3. The van der Waals surface area contributed by atoms with Gasteiger partial charge in [0.15, 0.2) is 0 Å². The fourth-order valence-corrected chi connectivity index (χ4v) is 2.62. The number of ether oxygens (including phenoxy) is 2. The SMILES string of the molecule is CCc1ccc(OCC2(CS)CCOCC2)cc1. The fourth-order valence-electron chi connectivity index (χ4n) is 2.21. The second kappa shape index (κ2) is 6.48. The van der Waals surface area contributed by atoms with Crippen LogP contribution in [0, 0.1) is 5.41 Å². The van der Waals surface area contributed by atoms with Crippen LogP contribution in [-0.4, -0.2) is 25.6 Å². The summed E-state index contributed by atoms with van der Waals surface area (Å²) >= 11 is 4.49. The standard InChI is InChI=1S/C15H22O2S/c1-2-13-3-5-14(6-4-13)17-11-15(12-18)7-9-16-10-8-15/h3-6,18H,2,7-12H2,1H3. The van der Waals surface area contributed by atoms with Crippen LogP contribution in [0.3, 0.4) is 0 Å². The van der Waals surface area contributed by atoms with E-state index in [-0.39, 0.29) is 5.41 Å². The molecule has 18 heavy (non-hydrogen) atoms. The number of aryl methyl sites for hydroxylation is 1. The molecular weight excluding hydrogens is 244 g/mol. The monoisotopic (exact) mass is 266 g/mol. The summed E-state index contributed by atoms with van der Waals surface area (Å²) in [6.07, 6.45) is 3.16. The molecule has 1 fully saturated rings. The van der Waals surface area contributed by atoms with E-state index in [0.717, 1.165) is 50.6 Å². The number of rotatable bonds is 5. The summed E-state index contributed by atoms with van der Waals surface area (Å²) in [7, 11) is 0. The average Bonchev–Trinajstić information content (AvgIpc) is 2.47. The molecule has 0 unspecified atom stereocenters. The van der Waals surface area contributed by atoms with Gasteiger partial charge in [-0.15, -0.1) is 0 Å². The Kier molecular flexibility index (Phi) is 4.95. The largest absolute Gasteiger partial charge is 0.493 e. The van der Waals surface area contributed by atoms with Crippen molar-refractivity contribution in [1.82, 2.24) is 0 Å². The Labute approximate surface area is 115 Å². The Bertz CT molecular complexity index is 355. The molecule has 3 heteroatoms. The minimum atomic E-state index is 0.185. The van der Waals surface area contributed by atoms with Crippen LogP contribution in [0.4, 0.5) is 0 Å². The predicted octanol–water partition coefficient (Wildman–Crippen LogP) is 3.35. The van der Waals surface area contributed by atoms with Crippen molar-refractivity contribution in [2.75, 3.05) is 25.6 Å². The van der Waals surface area contributed by atoms with Gasteiger partial charge in [-0.05, 0) is 42.7 Å². The Morgan fingerprint density at radius 1 is 1.22 bits per heavy atom. The normalized spacial score (nSPS) is 18.6. The maximum Gasteiger partial charge on any atom is 0.119 e. The van der Waals surface area contributed by atoms with Crippen molar-refractivity contribution in [1.29, 1.82) is 0 Å². The van der Waals surface area contributed by atoms with E-state index in [1.165, 1.54) is 5.56 Å². The Hall–Kier alpha value is -0.670. The van der Waals surface area contributed by atoms with Crippen molar-refractivity contribution in [3.63, 3.8) is 0 Å². The molecule has 0 aliphatic carbocycles. The van der Waals surface area contributed by atoms with Crippen molar-refractivity contribution < 1.29 is 9.47 Å². The molecule has 2 nitrogen and oxygen atoms in total. The Morgan fingerprint density at radius 2 is 1.89 bits per heavy atom. The predicted molar refractivity (Wildman–Crippen MR) is 77.7 cm³/mol. The van der Waals surface area contributed by atoms with Gasteiger partial charge in [-0.1, -0.05) is 19.1 Å². The summed E-state index contributed by atoms with van der Waals surface area (Å²) in [5, 5.41) is 0. The lowest BCUT2D eigenvalue weighted by Crippen LogP contribution is -2.36. The molecule has 1 aromatic carbocycles. The average molecular weight is 266 g/mol. The van der Waals surface area contributed by atoms with E-state index in [4.69, 9.17) is 9.47 Å². The van der Waals surface area contributed by atoms with Gasteiger partial charge in [0.05, 0.1) is 6.61 Å². The number of benzene rings is 1. The molecule has 0 atom stereocenters. The second-order valence-electron chi connectivity index (χ2n) is 5.06. The van der Waals surface area contributed by atoms with E-state index < -0.39 is 0 Å². The molecule has 0 amide bonds. The first-order chi connectivity index (χ1) is 8.78. The second-order valence-corrected chi connectivity index (χ2v) is 5.37. The van der Waals surface area contributed by atoms with E-state index in [9.17, 15) is 0 Å². The van der Waals surface area contributed by atoms with Crippen LogP contribution in [0.15, 0.2) is 24.3 Å². The highest BCUT2D eigenvalue weighted by Gasteiger charge is 2.32. The summed E-state index contributed by atoms with van der Waals surface area (Å²) in [6, 6.07) is 8.38. The summed E-state index contributed by atoms with van der Waals surface area (Å²) in [6.45, 7) is 4.57. The molecule has 1 aliphatic heterocycles. The van der Waals surface area contributed by atoms with E-state index in [0.29, 0.717) is 0 Å². The van der Waals surface area contributed by atoms with Crippen molar-refractivity contribution in [2.24, 2.45) is 5.41 Å². The van der Waals surface area contributed by atoms with E-state index in [1.807, 2.05) is 0 Å². The quantitative estimate of drug-likeness (QED) is 0.824. The van der Waals surface area contributed by atoms with E-state index >= 15 is 0 Å². The van der Waals surface area contributed by atoms with Crippen molar-refractivity contribution in [3.8, 4) is 5.75 Å². The van der Waals surface area contributed by atoms with Gasteiger partial charge in [0.1, 0.15) is 5.75 Å². The van der Waals surface area contributed by atoms with Gasteiger partial charge >= 0.3 is 0 Å². The molecule has 0 bridgehead atoms. The van der Waals surface area contributed by atoms with Gasteiger partial charge in [0, 0.05) is 18.6 Å². The van der Waals surface area contributed by atoms with Gasteiger partial charge in [-0.2, -0.15) is 12.6 Å². The number of thiol groups is 1. The van der Waals surface area contributed by atoms with E-state index in [2.05, 4.69) is 43.8 Å². The molecule has 0 aromatic heterocycles. The maximum absolute atomic E-state index is 5.93. The smallest absolute Gasteiger partial charge is 0.119 e. The van der Waals surface area contributed by atoms with Crippen LogP contribution in [0.5, 0.6) is 5.75 Å². The molecule has 1 aromatic rings. The number of hydrogen-bond donors (Lipinski definition) is 1. The van der Waals surface area contributed by atoms with Gasteiger partial charge in [0.25, 0.3) is 0 Å². The summed E-state index contributed by atoms with van der Waals surface area (Å²) in [5.41, 5.74) is 1.53. The van der Waals surface area contributed by atoms with Gasteiger partial charge in [0.2, 0.25) is 0 Å². The molecule has 100 valence electrons. The minimum Gasteiger partial charge on any atom is -0.493 e. The maximum atomic E-state index is 5.93. The first-order valence-corrected chi connectivity index (χ1v) is 7.32. The van der Waals surface area contributed by atoms with Crippen LogP contribution >= 0.6 is 12.6 Å². The third-order valence-electron chi connectivity index (χ3n) is 3.77. The van der Waals surface area contributed by atoms with Crippen LogP contribution in [-0.2, 0) is 11.2 Å². The lowest BCUT2D eigenvalue weighted by molar-refractivity contribution is 0.00311. The van der Waals surface area contributed by atoms with Crippen molar-refractivity contribution in [3.05, 3.63) is 29.8 Å². The molecule has 1 heterocycles. The molecule has 0 N–H and O–H groups in total. The molecule has 0 spiro atoms. The Morgan fingerprint density at radius 3 is 2.44 bits per heavy atom. The van der Waals surface area contributed by atoms with Crippen molar-refractivity contribution in [2.45, 2.75) is 26.2 Å². The lowest BCUT2D eigenvalue weighted by Gasteiger charge is -2.35. The molecule has 2 rings (SSSR count). The molecular formula is C15H22O2S. The van der Waals surface area contributed by atoms with E-state index in [1.54, 1.807) is 0 Å². The summed E-state index contributed by atoms with van der Waals surface area (Å²) < 4.78 is 11.4. The third kappa shape index (κ3) is 3.42. The zero-order valence-electron chi connectivity index (χ0n) is 11.0. The first kappa shape index (κ1) is 13.8. The van der Waals surface area contributed by atoms with Gasteiger partial charge in [-0.25, -0.2) is 0 Å². The molecule has 0 radical (unpaired) electrons. The van der Waals surface area contributed by atoms with Gasteiger partial charge in [-0.3, -0.25) is 0 Å². The highest BCUT2D eigenvalue weighted by Crippen LogP contribution is 2.32. The molecule has 0 saturated carbocycles. The third-order valence-corrected chi connectivity index (χ3v) is 4.44. The zero-order chi connectivity index (χ0) is 12.8. The zero-order valence-corrected chi connectivity index (χ0v) is 11.9. The van der Waals surface area contributed by atoms with Crippen LogP contribution in [0.2, 0.25) is 0 Å². The lowest BCUT2D eigenvalue weighted by atomic mass is 9.83. The summed E-state index contributed by atoms with van der Waals surface area (Å²) in [4.78, 5) is 0. The first-order valence-electron chi connectivity index (χ1n) is 6.68. The topological polar surface area (TPSA) is 18.5 Å². The molecule has 1 saturated heterocycles. The van der Waals surface area contributed by atoms with Gasteiger partial charge < -0.3 is 9.47 Å². The van der Waals surface area contributed by atoms with Crippen molar-refractivity contribution >= 4 is 12.6 Å². The molecule has 1 aliphatic rings. The Balaban J connectivity index is 1.92. The highest BCUT2D eigenvalue weighted by atomic mass is 32.1. The van der Waals surface area contributed by atoms with Crippen LogP contribution < -0.4 is 4.74 Å². The summed E-state index contributed by atoms with van der Waals surface area (Å²) in [5.74, 6) is 1.82.